The molecule has 0 fully saturated rings. The summed E-state index contributed by atoms with van der Waals surface area (Å²) in [5.41, 5.74) is 0.292. The van der Waals surface area contributed by atoms with Crippen LogP contribution in [-0.4, -0.2) is 50.4 Å². The third-order valence-corrected chi connectivity index (χ3v) is 7.69. The van der Waals surface area contributed by atoms with Gasteiger partial charge in [-0.2, -0.15) is 0 Å². The molecule has 8 nitrogen and oxygen atoms in total. The molecule has 0 heterocycles. The molecule has 3 aromatic carbocycles. The minimum atomic E-state index is -4.21. The molecule has 0 bridgehead atoms. The maximum Gasteiger partial charge on any atom is 0.264 e. The van der Waals surface area contributed by atoms with E-state index >= 15 is 0 Å². The second kappa shape index (κ2) is 12.3. The van der Waals surface area contributed by atoms with Crippen molar-refractivity contribution in [2.75, 3.05) is 18.0 Å². The van der Waals surface area contributed by atoms with Crippen molar-refractivity contribution in [3.8, 4) is 5.75 Å². The van der Waals surface area contributed by atoms with Crippen LogP contribution in [0.15, 0.2) is 83.8 Å². The molecule has 0 spiro atoms. The summed E-state index contributed by atoms with van der Waals surface area (Å²) in [6, 6.07) is 18.6. The molecule has 0 unspecified atom stereocenters. The molecule has 1 atom stereocenters. The van der Waals surface area contributed by atoms with Gasteiger partial charge < -0.3 is 15.0 Å². The van der Waals surface area contributed by atoms with Crippen LogP contribution >= 0.6 is 0 Å². The van der Waals surface area contributed by atoms with Crippen molar-refractivity contribution in [2.45, 2.75) is 50.7 Å². The van der Waals surface area contributed by atoms with Gasteiger partial charge in [-0.3, -0.25) is 13.9 Å². The summed E-state index contributed by atoms with van der Waals surface area (Å²) in [6.07, 6.45) is 0. The lowest BCUT2D eigenvalue weighted by atomic mass is 10.1. The van der Waals surface area contributed by atoms with Gasteiger partial charge in [-0.15, -0.1) is 0 Å². The molecule has 0 aliphatic carbocycles. The zero-order valence-corrected chi connectivity index (χ0v) is 23.5. The molecule has 0 aliphatic rings. The van der Waals surface area contributed by atoms with Gasteiger partial charge in [0.15, 0.2) is 0 Å². The summed E-state index contributed by atoms with van der Waals surface area (Å²) in [6.45, 7) is 6.52. The lowest BCUT2D eigenvalue weighted by Crippen LogP contribution is -2.54. The third kappa shape index (κ3) is 7.79. The highest BCUT2D eigenvalue weighted by molar-refractivity contribution is 7.92. The van der Waals surface area contributed by atoms with Gasteiger partial charge in [0, 0.05) is 12.1 Å². The average molecular weight is 556 g/mol. The van der Waals surface area contributed by atoms with Gasteiger partial charge in [-0.25, -0.2) is 12.8 Å². The fourth-order valence-corrected chi connectivity index (χ4v) is 5.28. The highest BCUT2D eigenvalue weighted by Gasteiger charge is 2.33. The lowest BCUT2D eigenvalue weighted by Gasteiger charge is -2.33. The number of carbonyl (C=O) groups is 2. The summed E-state index contributed by atoms with van der Waals surface area (Å²) in [4.78, 5) is 28.3. The number of sulfonamides is 1. The first kappa shape index (κ1) is 29.6. The number of nitrogens with zero attached hydrogens (tertiary/aromatic N) is 2. The molecular formula is C29H34FN3O5S. The monoisotopic (exact) mass is 555 g/mol. The van der Waals surface area contributed by atoms with Crippen molar-refractivity contribution in [3.05, 3.63) is 90.2 Å². The predicted octanol–water partition coefficient (Wildman–Crippen LogP) is 4.36. The fraction of sp³-hybridized carbons (Fsp3) is 0.310. The third-order valence-electron chi connectivity index (χ3n) is 5.90. The molecule has 3 aromatic rings. The minimum absolute atomic E-state index is 0.0256. The smallest absolute Gasteiger partial charge is 0.264 e. The van der Waals surface area contributed by atoms with Crippen molar-refractivity contribution < 1.29 is 27.1 Å². The lowest BCUT2D eigenvalue weighted by molar-refractivity contribution is -0.140. The molecule has 0 saturated heterocycles. The van der Waals surface area contributed by atoms with E-state index < -0.39 is 39.9 Å². The molecule has 39 heavy (non-hydrogen) atoms. The number of ether oxygens (including phenoxy) is 1. The van der Waals surface area contributed by atoms with E-state index in [4.69, 9.17) is 4.74 Å². The second-order valence-corrected chi connectivity index (χ2v) is 11.9. The van der Waals surface area contributed by atoms with E-state index in [2.05, 4.69) is 5.32 Å². The first-order valence-electron chi connectivity index (χ1n) is 12.4. The van der Waals surface area contributed by atoms with Crippen LogP contribution < -0.4 is 14.4 Å². The summed E-state index contributed by atoms with van der Waals surface area (Å²) in [7, 11) is -2.66. The molecule has 0 saturated carbocycles. The molecule has 208 valence electrons. The van der Waals surface area contributed by atoms with E-state index in [-0.39, 0.29) is 23.0 Å². The second-order valence-electron chi connectivity index (χ2n) is 10.1. The van der Waals surface area contributed by atoms with E-state index in [0.29, 0.717) is 5.75 Å². The van der Waals surface area contributed by atoms with Crippen LogP contribution in [0, 0.1) is 5.82 Å². The quantitative estimate of drug-likeness (QED) is 0.401. The zero-order chi connectivity index (χ0) is 28.8. The fourth-order valence-electron chi connectivity index (χ4n) is 3.84. The normalized spacial score (nSPS) is 12.4. The number of nitrogens with one attached hydrogen (secondary N) is 1. The number of anilines is 1. The SMILES string of the molecule is COc1ccc(CN(C(=O)CN(c2ccc(F)cc2)S(=O)(=O)c2ccccc2)[C@@H](C)C(=O)NC(C)(C)C)cc1. The molecule has 2 amide bonds. The molecule has 10 heteroatoms. The van der Waals surface area contributed by atoms with Gasteiger partial charge in [0.25, 0.3) is 10.0 Å². The average Bonchev–Trinajstić information content (AvgIpc) is 2.90. The van der Waals surface area contributed by atoms with Crippen molar-refractivity contribution in [2.24, 2.45) is 0 Å². The van der Waals surface area contributed by atoms with E-state index in [1.807, 2.05) is 20.8 Å². The van der Waals surface area contributed by atoms with Crippen LogP contribution in [0.3, 0.4) is 0 Å². The number of hydrogen-bond acceptors (Lipinski definition) is 5. The van der Waals surface area contributed by atoms with Crippen LogP contribution in [0.25, 0.3) is 0 Å². The molecule has 0 radical (unpaired) electrons. The largest absolute Gasteiger partial charge is 0.497 e. The Kier molecular flexibility index (Phi) is 9.34. The van der Waals surface area contributed by atoms with Crippen molar-refractivity contribution >= 4 is 27.5 Å². The minimum Gasteiger partial charge on any atom is -0.497 e. The van der Waals surface area contributed by atoms with Crippen molar-refractivity contribution in [3.63, 3.8) is 0 Å². The standard InChI is InChI=1S/C29H34FN3O5S/c1-21(28(35)31-29(2,3)4)32(19-22-11-17-25(38-5)18-12-22)27(34)20-33(24-15-13-23(30)14-16-24)39(36,37)26-9-7-6-8-10-26/h6-18,21H,19-20H2,1-5H3,(H,31,35)/t21-/m0/s1. The highest BCUT2D eigenvalue weighted by atomic mass is 32.2. The summed E-state index contributed by atoms with van der Waals surface area (Å²) >= 11 is 0. The Morgan fingerprint density at radius 2 is 1.54 bits per heavy atom. The zero-order valence-electron chi connectivity index (χ0n) is 22.7. The maximum absolute atomic E-state index is 13.9. The Bertz CT molecular complexity index is 1370. The van der Waals surface area contributed by atoms with E-state index in [1.54, 1.807) is 56.5 Å². The first-order valence-corrected chi connectivity index (χ1v) is 13.8. The summed E-state index contributed by atoms with van der Waals surface area (Å²) in [5, 5.41) is 2.88. The maximum atomic E-state index is 13.9. The van der Waals surface area contributed by atoms with Crippen LogP contribution in [0.2, 0.25) is 0 Å². The van der Waals surface area contributed by atoms with Crippen molar-refractivity contribution in [1.82, 2.24) is 10.2 Å². The topological polar surface area (TPSA) is 96.0 Å². The molecule has 1 N–H and O–H groups in total. The van der Waals surface area contributed by atoms with Gasteiger partial charge in [-0.1, -0.05) is 30.3 Å². The summed E-state index contributed by atoms with van der Waals surface area (Å²) in [5.74, 6) is -0.905. The van der Waals surface area contributed by atoms with Gasteiger partial charge in [0.1, 0.15) is 24.2 Å². The van der Waals surface area contributed by atoms with Crippen molar-refractivity contribution in [1.29, 1.82) is 0 Å². The first-order chi connectivity index (χ1) is 18.3. The van der Waals surface area contributed by atoms with Crippen LogP contribution in [0.5, 0.6) is 5.75 Å². The predicted molar refractivity (Wildman–Crippen MR) is 148 cm³/mol. The van der Waals surface area contributed by atoms with Gasteiger partial charge in [0.2, 0.25) is 11.8 Å². The Labute approximate surface area is 229 Å². The number of benzene rings is 3. The van der Waals surface area contributed by atoms with Gasteiger partial charge in [-0.05, 0) is 81.8 Å². The van der Waals surface area contributed by atoms with Crippen LogP contribution in [-0.2, 0) is 26.2 Å². The molecular weight excluding hydrogens is 521 g/mol. The number of methoxy groups -OCH3 is 1. The van der Waals surface area contributed by atoms with Gasteiger partial charge in [0.05, 0.1) is 17.7 Å². The Hall–Kier alpha value is -3.92. The van der Waals surface area contributed by atoms with Crippen LogP contribution in [0.1, 0.15) is 33.3 Å². The number of hydrogen-bond donors (Lipinski definition) is 1. The van der Waals surface area contributed by atoms with E-state index in [0.717, 1.165) is 22.0 Å². The molecule has 0 aromatic heterocycles. The number of rotatable bonds is 10. The number of amides is 2. The van der Waals surface area contributed by atoms with Gasteiger partial charge >= 0.3 is 0 Å². The van der Waals surface area contributed by atoms with Crippen LogP contribution in [0.4, 0.5) is 10.1 Å². The van der Waals surface area contributed by atoms with E-state index in [9.17, 15) is 22.4 Å². The molecule has 3 rings (SSSR count). The van der Waals surface area contributed by atoms with E-state index in [1.165, 1.54) is 29.2 Å². The number of halogens is 1. The number of carbonyl (C=O) groups excluding carboxylic acids is 2. The Morgan fingerprint density at radius 3 is 2.08 bits per heavy atom. The summed E-state index contributed by atoms with van der Waals surface area (Å²) < 4.78 is 47.2. The molecule has 0 aliphatic heterocycles. The Balaban J connectivity index is 2.01. The Morgan fingerprint density at radius 1 is 0.949 bits per heavy atom. The highest BCUT2D eigenvalue weighted by Crippen LogP contribution is 2.25.